The molecule has 4 fully saturated rings. The Balaban J connectivity index is 1.62. The van der Waals surface area contributed by atoms with E-state index in [9.17, 15) is 5.11 Å². The molecule has 0 unspecified atom stereocenters. The van der Waals surface area contributed by atoms with E-state index >= 15 is 0 Å². The Morgan fingerprint density at radius 2 is 1.73 bits per heavy atom. The minimum Gasteiger partial charge on any atom is -0.411 e. The van der Waals surface area contributed by atoms with Gasteiger partial charge in [0.15, 0.2) is 0 Å². The third-order valence-corrected chi connectivity index (χ3v) is 8.59. The molecule has 124 valence electrons. The summed E-state index contributed by atoms with van der Waals surface area (Å²) in [6.45, 7) is 4.88. The number of oxime groups is 1. The van der Waals surface area contributed by atoms with Crippen LogP contribution in [-0.2, 0) is 0 Å². The fourth-order valence-electron chi connectivity index (χ4n) is 7.12. The predicted molar refractivity (Wildman–Crippen MR) is 87.0 cm³/mol. The fourth-order valence-corrected chi connectivity index (χ4v) is 7.12. The van der Waals surface area contributed by atoms with Crippen LogP contribution in [0.3, 0.4) is 0 Å². The molecule has 7 atom stereocenters. The van der Waals surface area contributed by atoms with E-state index in [0.717, 1.165) is 42.7 Å². The van der Waals surface area contributed by atoms with E-state index in [2.05, 4.69) is 19.0 Å². The second kappa shape index (κ2) is 4.96. The van der Waals surface area contributed by atoms with Gasteiger partial charge in [-0.25, -0.2) is 0 Å². The SMILES string of the molecule is C[C@]12CC/C(=N/O)C[C@@H]1CC[C@H]1[C@H]2CC[C@]2(C)[C@@H]1CC[C@@H]2O. The molecule has 0 radical (unpaired) electrons. The lowest BCUT2D eigenvalue weighted by Crippen LogP contribution is -2.54. The molecule has 0 aromatic heterocycles. The van der Waals surface area contributed by atoms with Crippen LogP contribution >= 0.6 is 0 Å². The summed E-state index contributed by atoms with van der Waals surface area (Å²) in [6.07, 6.45) is 10.5. The van der Waals surface area contributed by atoms with Crippen LogP contribution in [0.1, 0.15) is 71.6 Å². The Morgan fingerprint density at radius 3 is 2.50 bits per heavy atom. The average Bonchev–Trinajstić information content (AvgIpc) is 2.82. The molecule has 22 heavy (non-hydrogen) atoms. The fraction of sp³-hybridized carbons (Fsp3) is 0.947. The minimum atomic E-state index is -0.0662. The van der Waals surface area contributed by atoms with Crippen LogP contribution in [0.4, 0.5) is 0 Å². The predicted octanol–water partition coefficient (Wildman–Crippen LogP) is 4.22. The Hall–Kier alpha value is -0.570. The normalized spacial score (nSPS) is 56.3. The van der Waals surface area contributed by atoms with Gasteiger partial charge in [-0.05, 0) is 92.3 Å². The molecule has 3 nitrogen and oxygen atoms in total. The van der Waals surface area contributed by atoms with Crippen molar-refractivity contribution in [3.05, 3.63) is 0 Å². The number of rotatable bonds is 0. The van der Waals surface area contributed by atoms with E-state index < -0.39 is 0 Å². The van der Waals surface area contributed by atoms with Crippen molar-refractivity contribution in [1.29, 1.82) is 0 Å². The van der Waals surface area contributed by atoms with Crippen molar-refractivity contribution in [2.24, 2.45) is 39.7 Å². The second-order valence-electron chi connectivity index (χ2n) is 9.16. The molecule has 4 rings (SSSR count). The van der Waals surface area contributed by atoms with Crippen molar-refractivity contribution in [3.63, 3.8) is 0 Å². The van der Waals surface area contributed by atoms with Gasteiger partial charge in [-0.2, -0.15) is 0 Å². The highest BCUT2D eigenvalue weighted by molar-refractivity contribution is 5.85. The molecule has 0 spiro atoms. The minimum absolute atomic E-state index is 0.0662. The van der Waals surface area contributed by atoms with Crippen LogP contribution in [0.15, 0.2) is 5.16 Å². The molecule has 4 aliphatic rings. The maximum absolute atomic E-state index is 10.5. The first kappa shape index (κ1) is 15.0. The highest BCUT2D eigenvalue weighted by atomic mass is 16.4. The summed E-state index contributed by atoms with van der Waals surface area (Å²) in [6, 6.07) is 0. The van der Waals surface area contributed by atoms with Crippen molar-refractivity contribution >= 4 is 5.71 Å². The van der Waals surface area contributed by atoms with Crippen LogP contribution in [0.25, 0.3) is 0 Å². The van der Waals surface area contributed by atoms with Gasteiger partial charge in [0, 0.05) is 0 Å². The van der Waals surface area contributed by atoms with E-state index in [0.29, 0.717) is 11.3 Å². The van der Waals surface area contributed by atoms with Crippen molar-refractivity contribution in [1.82, 2.24) is 0 Å². The average molecular weight is 305 g/mol. The van der Waals surface area contributed by atoms with Crippen molar-refractivity contribution in [3.8, 4) is 0 Å². The number of hydrogen-bond donors (Lipinski definition) is 2. The summed E-state index contributed by atoms with van der Waals surface area (Å²) < 4.78 is 0. The van der Waals surface area contributed by atoms with Gasteiger partial charge in [-0.1, -0.05) is 19.0 Å². The van der Waals surface area contributed by atoms with Crippen LogP contribution < -0.4 is 0 Å². The van der Waals surface area contributed by atoms with Gasteiger partial charge in [0.25, 0.3) is 0 Å². The van der Waals surface area contributed by atoms with Gasteiger partial charge in [-0.15, -0.1) is 0 Å². The van der Waals surface area contributed by atoms with Gasteiger partial charge in [0.05, 0.1) is 11.8 Å². The van der Waals surface area contributed by atoms with Gasteiger partial charge in [-0.3, -0.25) is 0 Å². The summed E-state index contributed by atoms with van der Waals surface area (Å²) in [5.74, 6) is 3.11. The van der Waals surface area contributed by atoms with Crippen LogP contribution in [0.2, 0.25) is 0 Å². The molecule has 0 amide bonds. The molecule has 0 heterocycles. The Kier molecular flexibility index (Phi) is 3.38. The highest BCUT2D eigenvalue weighted by Crippen LogP contribution is 2.65. The van der Waals surface area contributed by atoms with E-state index in [1.165, 1.54) is 38.5 Å². The number of nitrogens with zero attached hydrogens (tertiary/aromatic N) is 1. The molecule has 4 saturated carbocycles. The van der Waals surface area contributed by atoms with Crippen molar-refractivity contribution in [2.45, 2.75) is 77.7 Å². The van der Waals surface area contributed by atoms with Crippen LogP contribution in [0, 0.1) is 34.5 Å². The smallest absolute Gasteiger partial charge is 0.0596 e. The zero-order valence-corrected chi connectivity index (χ0v) is 14.1. The molecule has 0 bridgehead atoms. The zero-order valence-electron chi connectivity index (χ0n) is 14.1. The first-order valence-corrected chi connectivity index (χ1v) is 9.37. The van der Waals surface area contributed by atoms with Crippen LogP contribution in [-0.4, -0.2) is 22.1 Å². The Bertz CT molecular complexity index is 490. The van der Waals surface area contributed by atoms with Gasteiger partial charge in [0.1, 0.15) is 0 Å². The summed E-state index contributed by atoms with van der Waals surface area (Å²) in [4.78, 5) is 0. The molecule has 0 aliphatic heterocycles. The molecular formula is C19H31NO2. The van der Waals surface area contributed by atoms with E-state index in [1.54, 1.807) is 0 Å². The quantitative estimate of drug-likeness (QED) is 0.520. The Labute approximate surface area is 134 Å². The number of fused-ring (bicyclic) bond motifs is 5. The van der Waals surface area contributed by atoms with Gasteiger partial charge in [0.2, 0.25) is 0 Å². The topological polar surface area (TPSA) is 52.8 Å². The molecule has 0 saturated heterocycles. The van der Waals surface area contributed by atoms with Crippen molar-refractivity contribution in [2.75, 3.05) is 0 Å². The first-order chi connectivity index (χ1) is 10.5. The second-order valence-corrected chi connectivity index (χ2v) is 9.16. The monoisotopic (exact) mass is 305 g/mol. The lowest BCUT2D eigenvalue weighted by molar-refractivity contribution is -0.112. The lowest BCUT2D eigenvalue weighted by atomic mass is 9.45. The first-order valence-electron chi connectivity index (χ1n) is 9.37. The molecule has 0 aromatic carbocycles. The van der Waals surface area contributed by atoms with Crippen molar-refractivity contribution < 1.29 is 10.3 Å². The summed E-state index contributed by atoms with van der Waals surface area (Å²) in [5.41, 5.74) is 1.65. The molecule has 3 heteroatoms. The number of aliphatic hydroxyl groups is 1. The third kappa shape index (κ3) is 1.87. The zero-order chi connectivity index (χ0) is 15.5. The van der Waals surface area contributed by atoms with Gasteiger partial charge >= 0.3 is 0 Å². The van der Waals surface area contributed by atoms with E-state index in [4.69, 9.17) is 5.21 Å². The maximum Gasteiger partial charge on any atom is 0.0596 e. The molecule has 2 N–H and O–H groups in total. The third-order valence-electron chi connectivity index (χ3n) is 8.59. The van der Waals surface area contributed by atoms with E-state index in [1.807, 2.05) is 0 Å². The summed E-state index contributed by atoms with van der Waals surface area (Å²) in [7, 11) is 0. The maximum atomic E-state index is 10.5. The highest BCUT2D eigenvalue weighted by Gasteiger charge is 2.59. The summed E-state index contributed by atoms with van der Waals surface area (Å²) >= 11 is 0. The number of hydrogen-bond acceptors (Lipinski definition) is 3. The molecule has 4 aliphatic carbocycles. The lowest BCUT2D eigenvalue weighted by Gasteiger charge is -2.60. The van der Waals surface area contributed by atoms with E-state index in [-0.39, 0.29) is 11.5 Å². The van der Waals surface area contributed by atoms with Crippen LogP contribution in [0.5, 0.6) is 0 Å². The number of aliphatic hydroxyl groups excluding tert-OH is 1. The Morgan fingerprint density at radius 1 is 0.955 bits per heavy atom. The standard InChI is InChI=1S/C19H31NO2/c1-18-9-7-13(20-22)11-12(18)3-4-14-15-5-6-17(21)19(15,2)10-8-16(14)18/h12,14-17,21-22H,3-11H2,1-2H3/b20-13-/t12-,14+,15+,16+,17-,18-,19+/m0/s1. The largest absolute Gasteiger partial charge is 0.411 e. The molecular weight excluding hydrogens is 274 g/mol. The van der Waals surface area contributed by atoms with Gasteiger partial charge < -0.3 is 10.3 Å². The summed E-state index contributed by atoms with van der Waals surface area (Å²) in [5, 5.41) is 23.2. The molecule has 0 aromatic rings.